The van der Waals surface area contributed by atoms with Gasteiger partial charge in [-0.3, -0.25) is 0 Å². The molecule has 3 heteroatoms. The summed E-state index contributed by atoms with van der Waals surface area (Å²) < 4.78 is 0. The average Bonchev–Trinajstić information content (AvgIpc) is 0. The van der Waals surface area contributed by atoms with E-state index >= 15 is 0 Å². The molecule has 23 valence electrons. The molecule has 0 aromatic rings. The van der Waals surface area contributed by atoms with Gasteiger partial charge in [0, 0.05) is 55.7 Å². The fourth-order valence-electron chi connectivity index (χ4n) is 0. The van der Waals surface area contributed by atoms with Crippen molar-refractivity contribution < 1.29 is 55.7 Å². The summed E-state index contributed by atoms with van der Waals surface area (Å²) in [5.41, 5.74) is 0. The van der Waals surface area contributed by atoms with Gasteiger partial charge in [0.25, 0.3) is 0 Å². The van der Waals surface area contributed by atoms with E-state index in [2.05, 4.69) is 0 Å². The van der Waals surface area contributed by atoms with Crippen LogP contribution in [0.3, 0.4) is 0 Å². The monoisotopic (exact) mass is 168 g/mol. The van der Waals surface area contributed by atoms with Crippen LogP contribution in [-0.2, 0) is 55.7 Å². The summed E-state index contributed by atoms with van der Waals surface area (Å²) in [6, 6.07) is 0. The quantitative estimate of drug-likeness (QED) is 0.460. The van der Waals surface area contributed by atoms with Crippen molar-refractivity contribution in [3.8, 4) is 0 Å². The second-order valence-corrected chi connectivity index (χ2v) is 0. The molecule has 0 fully saturated rings. The van der Waals surface area contributed by atoms with E-state index in [-0.39, 0.29) is 63.1 Å². The molecule has 0 saturated heterocycles. The van der Waals surface area contributed by atoms with Crippen molar-refractivity contribution in [3.05, 3.63) is 7.43 Å². The topological polar surface area (TPSA) is 0 Å². The molecular weight excluding hydrogens is 165 g/mol. The molecule has 0 N–H and O–H groups in total. The fraction of sp³-hybridized carbons (Fsp3) is 0. The molecule has 0 aliphatic heterocycles. The Hall–Kier alpha value is 1.75. The van der Waals surface area contributed by atoms with E-state index in [1.165, 1.54) is 0 Å². The Morgan fingerprint density at radius 1 is 0.500 bits per heavy atom. The Kier molecular flexibility index (Phi) is 230. The molecule has 0 aromatic heterocycles. The van der Waals surface area contributed by atoms with Crippen LogP contribution in [0.2, 0.25) is 0 Å². The van der Waals surface area contributed by atoms with Crippen LogP contribution in [-0.4, -0.2) is 0 Å². The van der Waals surface area contributed by atoms with Crippen LogP contribution >= 0.6 is 0 Å². The minimum absolute atomic E-state index is 0. The first-order valence-corrected chi connectivity index (χ1v) is 0. The third kappa shape index (κ3) is 9.26. The molecular formula is CH3V3-. The van der Waals surface area contributed by atoms with Gasteiger partial charge in [-0.05, 0) is 0 Å². The van der Waals surface area contributed by atoms with Gasteiger partial charge < -0.3 is 7.43 Å². The van der Waals surface area contributed by atoms with Crippen LogP contribution in [0.4, 0.5) is 0 Å². The van der Waals surface area contributed by atoms with Crippen LogP contribution in [0.15, 0.2) is 0 Å². The fourth-order valence-corrected chi connectivity index (χ4v) is 0. The number of rotatable bonds is 0. The van der Waals surface area contributed by atoms with Gasteiger partial charge in [-0.15, -0.1) is 0 Å². The van der Waals surface area contributed by atoms with E-state index in [0.29, 0.717) is 0 Å². The first-order chi connectivity index (χ1) is 0. The van der Waals surface area contributed by atoms with Gasteiger partial charge in [0.1, 0.15) is 0 Å². The second kappa shape index (κ2) is 21.8. The van der Waals surface area contributed by atoms with E-state index in [1.54, 1.807) is 0 Å². The SMILES string of the molecule is [CH3-].[V].[V].[V]. The van der Waals surface area contributed by atoms with Crippen molar-refractivity contribution in [1.29, 1.82) is 0 Å². The van der Waals surface area contributed by atoms with Gasteiger partial charge in [0.05, 0.1) is 0 Å². The minimum Gasteiger partial charge on any atom is -0.358 e. The molecule has 0 aromatic carbocycles. The standard InChI is InChI=1S/CH3.3V/h1H3;;;/q-1;;;. The molecule has 0 rings (SSSR count). The molecule has 0 saturated carbocycles. The van der Waals surface area contributed by atoms with Crippen molar-refractivity contribution in [2.75, 3.05) is 0 Å². The van der Waals surface area contributed by atoms with E-state index in [0.717, 1.165) is 0 Å². The van der Waals surface area contributed by atoms with E-state index in [1.807, 2.05) is 0 Å². The zero-order valence-electron chi connectivity index (χ0n) is 2.34. The maximum Gasteiger partial charge on any atom is 0 e. The Bertz CT molecular complexity index is 3.25. The zero-order chi connectivity index (χ0) is 0. The van der Waals surface area contributed by atoms with Crippen molar-refractivity contribution >= 4 is 0 Å². The molecule has 0 amide bonds. The van der Waals surface area contributed by atoms with Crippen LogP contribution in [0.1, 0.15) is 0 Å². The zero-order valence-corrected chi connectivity index (χ0v) is 6.53. The van der Waals surface area contributed by atoms with E-state index in [9.17, 15) is 0 Å². The summed E-state index contributed by atoms with van der Waals surface area (Å²) in [5, 5.41) is 0. The Labute approximate surface area is 62.8 Å². The summed E-state index contributed by atoms with van der Waals surface area (Å²) >= 11 is 0. The molecule has 0 bridgehead atoms. The number of hydrogen-bond donors (Lipinski definition) is 0. The number of hydrogen-bond acceptors (Lipinski definition) is 0. The largest absolute Gasteiger partial charge is 0.358 e. The molecule has 0 unspecified atom stereocenters. The van der Waals surface area contributed by atoms with Crippen molar-refractivity contribution in [3.63, 3.8) is 0 Å². The van der Waals surface area contributed by atoms with Crippen molar-refractivity contribution in [1.82, 2.24) is 0 Å². The van der Waals surface area contributed by atoms with Gasteiger partial charge in [-0.2, -0.15) is 0 Å². The first kappa shape index (κ1) is 42.3. The predicted octanol–water partition coefficient (Wildman–Crippen LogP) is 0.443. The molecule has 0 atom stereocenters. The first-order valence-electron chi connectivity index (χ1n) is 0. The minimum atomic E-state index is 0. The van der Waals surface area contributed by atoms with Crippen LogP contribution in [0.25, 0.3) is 0 Å². The van der Waals surface area contributed by atoms with Gasteiger partial charge >= 0.3 is 0 Å². The summed E-state index contributed by atoms with van der Waals surface area (Å²) in [6.45, 7) is 0. The van der Waals surface area contributed by atoms with Crippen LogP contribution in [0.5, 0.6) is 0 Å². The third-order valence-electron chi connectivity index (χ3n) is 0. The normalized spacial score (nSPS) is 0. The molecule has 0 spiro atoms. The predicted molar refractivity (Wildman–Crippen MR) is 6.41 cm³/mol. The Morgan fingerprint density at radius 2 is 0.500 bits per heavy atom. The van der Waals surface area contributed by atoms with E-state index in [4.69, 9.17) is 0 Å². The Balaban J connectivity index is 0. The van der Waals surface area contributed by atoms with Gasteiger partial charge in [-0.25, -0.2) is 0 Å². The average molecular weight is 168 g/mol. The molecule has 0 aliphatic rings. The smallest absolute Gasteiger partial charge is 0 e. The molecule has 0 heterocycles. The molecule has 4 heavy (non-hydrogen) atoms. The van der Waals surface area contributed by atoms with Crippen molar-refractivity contribution in [2.45, 2.75) is 0 Å². The maximum atomic E-state index is 0. The van der Waals surface area contributed by atoms with Crippen LogP contribution < -0.4 is 0 Å². The van der Waals surface area contributed by atoms with Gasteiger partial charge in [0.15, 0.2) is 0 Å². The maximum absolute atomic E-state index is 0. The van der Waals surface area contributed by atoms with E-state index < -0.39 is 0 Å². The van der Waals surface area contributed by atoms with Gasteiger partial charge in [-0.1, -0.05) is 0 Å². The molecule has 3 radical (unpaired) electrons. The van der Waals surface area contributed by atoms with Crippen molar-refractivity contribution in [2.24, 2.45) is 0 Å². The van der Waals surface area contributed by atoms with Gasteiger partial charge in [0.2, 0.25) is 0 Å². The third-order valence-corrected chi connectivity index (χ3v) is 0. The molecule has 0 aliphatic carbocycles. The summed E-state index contributed by atoms with van der Waals surface area (Å²) in [4.78, 5) is 0. The second-order valence-electron chi connectivity index (χ2n) is 0. The van der Waals surface area contributed by atoms with Crippen LogP contribution in [0, 0.1) is 7.43 Å². The summed E-state index contributed by atoms with van der Waals surface area (Å²) in [6.07, 6.45) is 0. The molecule has 0 nitrogen and oxygen atoms in total. The summed E-state index contributed by atoms with van der Waals surface area (Å²) in [5.74, 6) is 0. The Morgan fingerprint density at radius 3 is 0.500 bits per heavy atom. The summed E-state index contributed by atoms with van der Waals surface area (Å²) in [7, 11) is 0.